The molecule has 1 rings (SSSR count). The number of aryl methyl sites for hydroxylation is 1. The van der Waals surface area contributed by atoms with Crippen LogP contribution < -0.4 is 18.9 Å². The first-order chi connectivity index (χ1) is 6.25. The monoisotopic (exact) mass is 262 g/mol. The van der Waals surface area contributed by atoms with Gasteiger partial charge in [-0.25, -0.2) is 0 Å². The van der Waals surface area contributed by atoms with E-state index in [1.54, 1.807) is 13.0 Å². The fourth-order valence-corrected chi connectivity index (χ4v) is 2.81. The fourth-order valence-electron chi connectivity index (χ4n) is 1.12. The van der Waals surface area contributed by atoms with E-state index in [0.29, 0.717) is 5.56 Å². The van der Waals surface area contributed by atoms with E-state index in [1.807, 2.05) is 0 Å². The minimum atomic E-state index is -4.33. The van der Waals surface area contributed by atoms with Crippen LogP contribution in [0, 0.1) is 13.8 Å². The Kier molecular flexibility index (Phi) is 5.20. The molecule has 0 atom stereocenters. The molecule has 0 fully saturated rings. The summed E-state index contributed by atoms with van der Waals surface area (Å²) in [6.45, 7) is 3.10. The van der Waals surface area contributed by atoms with Gasteiger partial charge in [0, 0.05) is 5.02 Å². The van der Waals surface area contributed by atoms with Crippen LogP contribution >= 0.6 is 23.2 Å². The average Bonchev–Trinajstić information content (AvgIpc) is 1.98. The molecule has 1 aromatic rings. The fraction of sp³-hybridized carbons (Fsp3) is 0.250. The van der Waals surface area contributed by atoms with Crippen LogP contribution in [0.3, 0.4) is 0 Å². The van der Waals surface area contributed by atoms with Gasteiger partial charge in [0.05, 0.1) is 5.02 Å². The Labute approximate surface area is 112 Å². The predicted molar refractivity (Wildman–Crippen MR) is 56.9 cm³/mol. The Morgan fingerprint density at radius 2 is 1.80 bits per heavy atom. The topological polar surface area (TPSA) is 54.4 Å². The Bertz CT molecular complexity index is 464. The van der Waals surface area contributed by atoms with Crippen LogP contribution in [0.5, 0.6) is 0 Å². The molecule has 0 aliphatic carbocycles. The number of hydrogen-bond acceptors (Lipinski definition) is 2. The molecule has 80 valence electrons. The van der Waals surface area contributed by atoms with Crippen molar-refractivity contribution in [1.82, 2.24) is 0 Å². The van der Waals surface area contributed by atoms with Gasteiger partial charge >= 0.3 is 18.9 Å². The Morgan fingerprint density at radius 1 is 1.33 bits per heavy atom. The Hall–Kier alpha value is 0.307. The minimum Gasteiger partial charge on any atom is -1.00 e. The van der Waals surface area contributed by atoms with Gasteiger partial charge in [0.25, 0.3) is 10.1 Å². The van der Waals surface area contributed by atoms with E-state index in [1.165, 1.54) is 6.92 Å². The van der Waals surface area contributed by atoms with Crippen LogP contribution in [0.25, 0.3) is 0 Å². The molecule has 0 radical (unpaired) electrons. The molecule has 0 saturated heterocycles. The summed E-state index contributed by atoms with van der Waals surface area (Å²) in [5.41, 5.74) is 0.764. The maximum Gasteiger partial charge on any atom is 1.00 e. The first-order valence-corrected chi connectivity index (χ1v) is 5.87. The van der Waals surface area contributed by atoms with Gasteiger partial charge in [-0.3, -0.25) is 4.55 Å². The number of benzene rings is 1. The van der Waals surface area contributed by atoms with Crippen LogP contribution in [0.2, 0.25) is 10.0 Å². The van der Waals surface area contributed by atoms with Crippen molar-refractivity contribution >= 4 is 33.3 Å². The van der Waals surface area contributed by atoms with E-state index in [-0.39, 0.29) is 40.8 Å². The van der Waals surface area contributed by atoms with Crippen molar-refractivity contribution in [2.24, 2.45) is 0 Å². The van der Waals surface area contributed by atoms with Crippen molar-refractivity contribution in [2.75, 3.05) is 0 Å². The summed E-state index contributed by atoms with van der Waals surface area (Å²) in [6, 6.07) is 1.55. The van der Waals surface area contributed by atoms with Crippen LogP contribution in [0.4, 0.5) is 0 Å². The summed E-state index contributed by atoms with van der Waals surface area (Å²) in [5, 5.41) is 0.272. The van der Waals surface area contributed by atoms with Crippen LogP contribution in [-0.4, -0.2) is 13.0 Å². The Morgan fingerprint density at radius 3 is 2.20 bits per heavy atom. The molecule has 1 N–H and O–H groups in total. The second kappa shape index (κ2) is 5.09. The van der Waals surface area contributed by atoms with Crippen LogP contribution in [-0.2, 0) is 10.1 Å². The van der Waals surface area contributed by atoms with E-state index in [9.17, 15) is 8.42 Å². The number of rotatable bonds is 1. The molecule has 0 spiro atoms. The Balaban J connectivity index is 0. The molecule has 0 saturated carbocycles. The molecule has 0 heterocycles. The first kappa shape index (κ1) is 15.3. The van der Waals surface area contributed by atoms with Crippen molar-refractivity contribution in [3.8, 4) is 0 Å². The summed E-state index contributed by atoms with van der Waals surface area (Å²) in [7, 11) is -4.33. The molecular formula is C8H9Cl2LiO3S. The third-order valence-corrected chi connectivity index (χ3v) is 3.86. The van der Waals surface area contributed by atoms with Crippen molar-refractivity contribution in [2.45, 2.75) is 18.7 Å². The van der Waals surface area contributed by atoms with E-state index in [2.05, 4.69) is 0 Å². The molecule has 15 heavy (non-hydrogen) atoms. The van der Waals surface area contributed by atoms with Gasteiger partial charge in [-0.2, -0.15) is 8.42 Å². The van der Waals surface area contributed by atoms with Gasteiger partial charge < -0.3 is 1.43 Å². The van der Waals surface area contributed by atoms with E-state index in [4.69, 9.17) is 27.8 Å². The van der Waals surface area contributed by atoms with Crippen molar-refractivity contribution in [1.29, 1.82) is 0 Å². The van der Waals surface area contributed by atoms with Crippen molar-refractivity contribution in [3.05, 3.63) is 27.2 Å². The van der Waals surface area contributed by atoms with Gasteiger partial charge in [0.2, 0.25) is 0 Å². The largest absolute Gasteiger partial charge is 1.00 e. The molecule has 0 amide bonds. The molecule has 0 bridgehead atoms. The average molecular weight is 263 g/mol. The SMILES string of the molecule is Cc1cc(Cl)c(C)c(S(=O)(=O)O)c1Cl.[H-].[Li+]. The molecule has 3 nitrogen and oxygen atoms in total. The van der Waals surface area contributed by atoms with E-state index < -0.39 is 10.1 Å². The zero-order chi connectivity index (χ0) is 11.1. The smallest absolute Gasteiger partial charge is 1.00 e. The molecule has 0 aliphatic rings. The maximum absolute atomic E-state index is 11.0. The summed E-state index contributed by atoms with van der Waals surface area (Å²) < 4.78 is 30.9. The van der Waals surface area contributed by atoms with E-state index in [0.717, 1.165) is 0 Å². The quantitative estimate of drug-likeness (QED) is 0.572. The summed E-state index contributed by atoms with van der Waals surface area (Å²) >= 11 is 11.5. The van der Waals surface area contributed by atoms with Crippen LogP contribution in [0.1, 0.15) is 12.6 Å². The summed E-state index contributed by atoms with van der Waals surface area (Å²) in [5.74, 6) is 0. The van der Waals surface area contributed by atoms with Gasteiger partial charge in [0.1, 0.15) is 4.90 Å². The third kappa shape index (κ3) is 3.13. The first-order valence-electron chi connectivity index (χ1n) is 3.68. The molecule has 7 heteroatoms. The number of halogens is 2. The minimum absolute atomic E-state index is 0. The maximum atomic E-state index is 11.0. The van der Waals surface area contributed by atoms with Crippen molar-refractivity contribution in [3.63, 3.8) is 0 Å². The second-order valence-corrected chi connectivity index (χ2v) is 5.06. The van der Waals surface area contributed by atoms with Crippen LogP contribution in [0.15, 0.2) is 11.0 Å². The molecule has 0 unspecified atom stereocenters. The van der Waals surface area contributed by atoms with Crippen molar-refractivity contribution < 1.29 is 33.3 Å². The molecule has 1 aromatic carbocycles. The summed E-state index contributed by atoms with van der Waals surface area (Å²) in [4.78, 5) is -0.316. The zero-order valence-corrected chi connectivity index (χ0v) is 10.8. The third-order valence-electron chi connectivity index (χ3n) is 1.85. The molecule has 0 aliphatic heterocycles. The summed E-state index contributed by atoms with van der Waals surface area (Å²) in [6.07, 6.45) is 0. The van der Waals surface area contributed by atoms with Gasteiger partial charge in [-0.15, -0.1) is 0 Å². The van der Waals surface area contributed by atoms with E-state index >= 15 is 0 Å². The standard InChI is InChI=1S/C8H8Cl2O3S.Li.H/c1-4-3-6(9)5(2)8(7(4)10)14(11,12)13;;/h3H,1-2H3,(H,11,12,13);;/q;+1;-1. The van der Waals surface area contributed by atoms with Gasteiger partial charge in [-0.1, -0.05) is 23.2 Å². The number of hydrogen-bond donors (Lipinski definition) is 1. The zero-order valence-electron chi connectivity index (χ0n) is 9.51. The normalized spacial score (nSPS) is 11.0. The molecular weight excluding hydrogens is 254 g/mol. The molecule has 0 aromatic heterocycles. The second-order valence-electron chi connectivity index (χ2n) is 2.92. The predicted octanol–water partition coefficient (Wildman–Crippen LogP) is -0.0266. The van der Waals surface area contributed by atoms with Gasteiger partial charge in [0.15, 0.2) is 0 Å². The van der Waals surface area contributed by atoms with Gasteiger partial charge in [-0.05, 0) is 31.0 Å².